The van der Waals surface area contributed by atoms with Crippen molar-refractivity contribution in [1.82, 2.24) is 9.80 Å². The first-order chi connectivity index (χ1) is 11.3. The van der Waals surface area contributed by atoms with Gasteiger partial charge in [-0.3, -0.25) is 9.80 Å². The van der Waals surface area contributed by atoms with Crippen LogP contribution in [0.15, 0.2) is 60.7 Å². The second-order valence-electron chi connectivity index (χ2n) is 6.29. The zero-order valence-corrected chi connectivity index (χ0v) is 13.9. The van der Waals surface area contributed by atoms with Crippen LogP contribution in [0.2, 0.25) is 0 Å². The maximum absolute atomic E-state index is 5.48. The first kappa shape index (κ1) is 16.2. The average Bonchev–Trinajstić information content (AvgIpc) is 2.59. The van der Waals surface area contributed by atoms with Gasteiger partial charge in [0.15, 0.2) is 0 Å². The maximum Gasteiger partial charge on any atom is 0.0630 e. The van der Waals surface area contributed by atoms with Gasteiger partial charge in [-0.15, -0.1) is 0 Å². The molecule has 2 aromatic carbocycles. The Morgan fingerprint density at radius 2 is 1.48 bits per heavy atom. The molecule has 0 spiro atoms. The van der Waals surface area contributed by atoms with Crippen LogP contribution in [0, 0.1) is 0 Å². The Balaban J connectivity index is 1.61. The molecule has 1 heterocycles. The maximum atomic E-state index is 5.48. The molecule has 0 N–H and O–H groups in total. The van der Waals surface area contributed by atoms with Crippen LogP contribution >= 0.6 is 0 Å². The van der Waals surface area contributed by atoms with Gasteiger partial charge in [0.2, 0.25) is 0 Å². The summed E-state index contributed by atoms with van der Waals surface area (Å²) < 4.78 is 5.48. The van der Waals surface area contributed by atoms with Crippen molar-refractivity contribution >= 4 is 0 Å². The van der Waals surface area contributed by atoms with Crippen LogP contribution < -0.4 is 0 Å². The highest BCUT2D eigenvalue weighted by atomic mass is 16.5. The normalized spacial score (nSPS) is 19.8. The predicted octanol–water partition coefficient (Wildman–Crippen LogP) is 3.02. The standard InChI is InChI=1S/C20H26N2O/c1-23-17-20-16-21(14-18-8-4-2-5-9-18)12-13-22(20)15-19-10-6-3-7-11-19/h2-11,20H,12-17H2,1H3/t20-/m0/s1. The summed E-state index contributed by atoms with van der Waals surface area (Å²) in [6.45, 7) is 6.10. The monoisotopic (exact) mass is 310 g/mol. The van der Waals surface area contributed by atoms with Gasteiger partial charge in [-0.05, 0) is 11.1 Å². The van der Waals surface area contributed by atoms with Crippen LogP contribution in [-0.2, 0) is 17.8 Å². The fourth-order valence-corrected chi connectivity index (χ4v) is 3.32. The zero-order chi connectivity index (χ0) is 15.9. The van der Waals surface area contributed by atoms with Crippen molar-refractivity contribution in [2.75, 3.05) is 33.4 Å². The van der Waals surface area contributed by atoms with Gasteiger partial charge in [-0.1, -0.05) is 60.7 Å². The summed E-state index contributed by atoms with van der Waals surface area (Å²) in [6, 6.07) is 21.9. The molecule has 23 heavy (non-hydrogen) atoms. The number of piperazine rings is 1. The third-order valence-electron chi connectivity index (χ3n) is 4.53. The van der Waals surface area contributed by atoms with Gasteiger partial charge < -0.3 is 4.74 Å². The molecule has 0 unspecified atom stereocenters. The van der Waals surface area contributed by atoms with Crippen LogP contribution in [0.1, 0.15) is 11.1 Å². The van der Waals surface area contributed by atoms with Crippen LogP contribution in [0.25, 0.3) is 0 Å². The fraction of sp³-hybridized carbons (Fsp3) is 0.400. The third kappa shape index (κ3) is 4.64. The highest BCUT2D eigenvalue weighted by Gasteiger charge is 2.26. The number of ether oxygens (including phenoxy) is 1. The topological polar surface area (TPSA) is 15.7 Å². The van der Waals surface area contributed by atoms with E-state index in [1.807, 2.05) is 0 Å². The highest BCUT2D eigenvalue weighted by molar-refractivity contribution is 5.16. The summed E-state index contributed by atoms with van der Waals surface area (Å²) in [5.41, 5.74) is 2.77. The lowest BCUT2D eigenvalue weighted by atomic mass is 10.1. The first-order valence-electron chi connectivity index (χ1n) is 8.38. The van der Waals surface area contributed by atoms with E-state index in [-0.39, 0.29) is 0 Å². The van der Waals surface area contributed by atoms with E-state index in [9.17, 15) is 0 Å². The Morgan fingerprint density at radius 3 is 2.09 bits per heavy atom. The Morgan fingerprint density at radius 1 is 0.870 bits per heavy atom. The molecule has 1 atom stereocenters. The van der Waals surface area contributed by atoms with Crippen molar-refractivity contribution in [3.8, 4) is 0 Å². The Kier molecular flexibility index (Phi) is 5.81. The second kappa shape index (κ2) is 8.25. The molecule has 1 aliphatic heterocycles. The number of methoxy groups -OCH3 is 1. The van der Waals surface area contributed by atoms with Gasteiger partial charge in [-0.2, -0.15) is 0 Å². The molecule has 1 aliphatic rings. The molecule has 3 rings (SSSR count). The van der Waals surface area contributed by atoms with Crippen LogP contribution in [0.5, 0.6) is 0 Å². The van der Waals surface area contributed by atoms with E-state index in [0.29, 0.717) is 6.04 Å². The van der Waals surface area contributed by atoms with Gasteiger partial charge in [0.25, 0.3) is 0 Å². The molecular weight excluding hydrogens is 284 g/mol. The smallest absolute Gasteiger partial charge is 0.0630 e. The molecule has 2 aromatic rings. The Hall–Kier alpha value is -1.68. The van der Waals surface area contributed by atoms with E-state index >= 15 is 0 Å². The van der Waals surface area contributed by atoms with Gasteiger partial charge in [0.1, 0.15) is 0 Å². The Bertz CT molecular complexity index is 573. The molecule has 1 saturated heterocycles. The summed E-state index contributed by atoms with van der Waals surface area (Å²) in [5, 5.41) is 0. The lowest BCUT2D eigenvalue weighted by molar-refractivity contribution is 0.0178. The van der Waals surface area contributed by atoms with Crippen molar-refractivity contribution in [2.24, 2.45) is 0 Å². The van der Waals surface area contributed by atoms with E-state index in [0.717, 1.165) is 39.3 Å². The van der Waals surface area contributed by atoms with E-state index in [4.69, 9.17) is 4.74 Å². The Labute approximate surface area is 139 Å². The second-order valence-corrected chi connectivity index (χ2v) is 6.29. The van der Waals surface area contributed by atoms with Crippen LogP contribution in [0.3, 0.4) is 0 Å². The lowest BCUT2D eigenvalue weighted by Gasteiger charge is -2.41. The summed E-state index contributed by atoms with van der Waals surface area (Å²) in [6.07, 6.45) is 0. The fourth-order valence-electron chi connectivity index (χ4n) is 3.32. The van der Waals surface area contributed by atoms with Gasteiger partial charge in [0, 0.05) is 45.9 Å². The first-order valence-corrected chi connectivity index (χ1v) is 8.38. The molecule has 0 bridgehead atoms. The van der Waals surface area contributed by atoms with Crippen molar-refractivity contribution in [3.63, 3.8) is 0 Å². The summed E-state index contributed by atoms with van der Waals surface area (Å²) >= 11 is 0. The highest BCUT2D eigenvalue weighted by Crippen LogP contribution is 2.16. The summed E-state index contributed by atoms with van der Waals surface area (Å²) in [4.78, 5) is 5.10. The molecule has 0 aromatic heterocycles. The molecule has 122 valence electrons. The van der Waals surface area contributed by atoms with E-state index < -0.39 is 0 Å². The van der Waals surface area contributed by atoms with E-state index in [1.165, 1.54) is 11.1 Å². The number of benzene rings is 2. The molecule has 0 aliphatic carbocycles. The van der Waals surface area contributed by atoms with Crippen LogP contribution in [-0.4, -0.2) is 49.2 Å². The molecule has 1 fully saturated rings. The molecule has 0 saturated carbocycles. The van der Waals surface area contributed by atoms with Crippen LogP contribution in [0.4, 0.5) is 0 Å². The SMILES string of the molecule is COC[C@@H]1CN(Cc2ccccc2)CCN1Cc1ccccc1. The minimum absolute atomic E-state index is 0.456. The zero-order valence-electron chi connectivity index (χ0n) is 13.9. The van der Waals surface area contributed by atoms with E-state index in [1.54, 1.807) is 7.11 Å². The third-order valence-corrected chi connectivity index (χ3v) is 4.53. The van der Waals surface area contributed by atoms with Gasteiger partial charge >= 0.3 is 0 Å². The molecular formula is C20H26N2O. The van der Waals surface area contributed by atoms with E-state index in [2.05, 4.69) is 70.5 Å². The quantitative estimate of drug-likeness (QED) is 0.816. The predicted molar refractivity (Wildman–Crippen MR) is 94.2 cm³/mol. The molecule has 0 amide bonds. The van der Waals surface area contributed by atoms with Crippen molar-refractivity contribution in [1.29, 1.82) is 0 Å². The minimum Gasteiger partial charge on any atom is -0.383 e. The largest absolute Gasteiger partial charge is 0.383 e. The lowest BCUT2D eigenvalue weighted by Crippen LogP contribution is -2.54. The van der Waals surface area contributed by atoms with Crippen molar-refractivity contribution in [2.45, 2.75) is 19.1 Å². The molecule has 0 radical (unpaired) electrons. The number of hydrogen-bond donors (Lipinski definition) is 0. The average molecular weight is 310 g/mol. The van der Waals surface area contributed by atoms with Crippen molar-refractivity contribution in [3.05, 3.63) is 71.8 Å². The molecule has 3 nitrogen and oxygen atoms in total. The summed E-state index contributed by atoms with van der Waals surface area (Å²) in [5.74, 6) is 0. The van der Waals surface area contributed by atoms with Gasteiger partial charge in [-0.25, -0.2) is 0 Å². The number of nitrogens with zero attached hydrogens (tertiary/aromatic N) is 2. The minimum atomic E-state index is 0.456. The molecule has 3 heteroatoms. The van der Waals surface area contributed by atoms with Crippen molar-refractivity contribution < 1.29 is 4.74 Å². The van der Waals surface area contributed by atoms with Gasteiger partial charge in [0.05, 0.1) is 6.61 Å². The number of rotatable bonds is 6. The number of hydrogen-bond acceptors (Lipinski definition) is 3. The summed E-state index contributed by atoms with van der Waals surface area (Å²) in [7, 11) is 1.80.